The highest BCUT2D eigenvalue weighted by atomic mass is 35.5. The van der Waals surface area contributed by atoms with Crippen molar-refractivity contribution < 1.29 is 13.2 Å². The largest absolute Gasteiger partial charge is 0.341 e. The number of amides is 1. The Hall–Kier alpha value is -1.37. The molecule has 1 amide bonds. The second-order valence-corrected chi connectivity index (χ2v) is 9.55. The second-order valence-electron chi connectivity index (χ2n) is 5.80. The molecule has 1 aliphatic heterocycles. The molecule has 2 heterocycles. The van der Waals surface area contributed by atoms with E-state index >= 15 is 0 Å². The summed E-state index contributed by atoms with van der Waals surface area (Å²) >= 11 is 7.72. The molecule has 0 N–H and O–H groups in total. The molecule has 0 spiro atoms. The molecule has 1 unspecified atom stereocenters. The van der Waals surface area contributed by atoms with E-state index in [2.05, 4.69) is 0 Å². The topological polar surface area (TPSA) is 54.5 Å². The van der Waals surface area contributed by atoms with Gasteiger partial charge in [0.15, 0.2) is 9.84 Å². The summed E-state index contributed by atoms with van der Waals surface area (Å²) in [6, 6.07) is 10.9. The van der Waals surface area contributed by atoms with Gasteiger partial charge in [-0.05, 0) is 29.5 Å². The molecule has 1 fully saturated rings. The van der Waals surface area contributed by atoms with Crippen molar-refractivity contribution in [1.82, 2.24) is 4.90 Å². The number of benzene rings is 1. The highest BCUT2D eigenvalue weighted by Gasteiger charge is 2.33. The number of nitrogens with zero attached hydrogens (tertiary/aromatic N) is 1. The Labute approximate surface area is 151 Å². The number of carbonyl (C=O) groups is 1. The van der Waals surface area contributed by atoms with Gasteiger partial charge in [-0.3, -0.25) is 4.79 Å². The van der Waals surface area contributed by atoms with Crippen LogP contribution in [0.15, 0.2) is 41.8 Å². The molecular weight excluding hydrogens is 366 g/mol. The van der Waals surface area contributed by atoms with Gasteiger partial charge >= 0.3 is 0 Å². The minimum absolute atomic E-state index is 0.0209. The van der Waals surface area contributed by atoms with Crippen LogP contribution in [0, 0.1) is 0 Å². The number of thiophene rings is 1. The van der Waals surface area contributed by atoms with Crippen LogP contribution in [0.3, 0.4) is 0 Å². The smallest absolute Gasteiger partial charge is 0.227 e. The van der Waals surface area contributed by atoms with Crippen LogP contribution < -0.4 is 0 Å². The fourth-order valence-electron chi connectivity index (χ4n) is 2.95. The fraction of sp³-hybridized carbons (Fsp3) is 0.353. The molecule has 7 heteroatoms. The van der Waals surface area contributed by atoms with Gasteiger partial charge in [0.25, 0.3) is 0 Å². The zero-order chi connectivity index (χ0) is 17.2. The van der Waals surface area contributed by atoms with Crippen molar-refractivity contribution in [2.24, 2.45) is 0 Å². The Morgan fingerprint density at radius 1 is 1.21 bits per heavy atom. The average Bonchev–Trinajstić information content (AvgIpc) is 2.98. The highest BCUT2D eigenvalue weighted by molar-refractivity contribution is 7.91. The number of sulfone groups is 1. The van der Waals surface area contributed by atoms with Gasteiger partial charge < -0.3 is 4.90 Å². The number of rotatable bonds is 3. The normalized spacial score (nSPS) is 20.5. The molecule has 2 aromatic rings. The van der Waals surface area contributed by atoms with Crippen LogP contribution in [0.1, 0.15) is 22.1 Å². The van der Waals surface area contributed by atoms with Gasteiger partial charge in [0, 0.05) is 23.0 Å². The van der Waals surface area contributed by atoms with Crippen molar-refractivity contribution in [3.63, 3.8) is 0 Å². The number of carbonyl (C=O) groups excluding carboxylic acids is 1. The summed E-state index contributed by atoms with van der Waals surface area (Å²) in [5, 5.41) is 1.75. The summed E-state index contributed by atoms with van der Waals surface area (Å²) < 4.78 is 25.3. The third kappa shape index (κ3) is 3.82. The summed E-state index contributed by atoms with van der Waals surface area (Å²) in [6.45, 7) is 0.673. The first-order chi connectivity index (χ1) is 11.5. The Morgan fingerprint density at radius 3 is 2.71 bits per heavy atom. The third-order valence-electron chi connectivity index (χ3n) is 4.25. The van der Waals surface area contributed by atoms with E-state index in [1.807, 2.05) is 17.5 Å². The SMILES string of the molecule is O=C(Cc1cccs1)N1CCC(c2ccccc2Cl)S(=O)(=O)CC1. The first-order valence-electron chi connectivity index (χ1n) is 7.73. The number of halogens is 1. The summed E-state index contributed by atoms with van der Waals surface area (Å²) in [5.74, 6) is -0.0496. The van der Waals surface area contributed by atoms with Gasteiger partial charge in [-0.25, -0.2) is 8.42 Å². The molecule has 128 valence electrons. The first-order valence-corrected chi connectivity index (χ1v) is 10.7. The molecule has 4 nitrogen and oxygen atoms in total. The van der Waals surface area contributed by atoms with Crippen molar-refractivity contribution in [1.29, 1.82) is 0 Å². The van der Waals surface area contributed by atoms with Crippen LogP contribution in [0.5, 0.6) is 0 Å². The maximum atomic E-state index is 12.6. The fourth-order valence-corrected chi connectivity index (χ4v) is 5.80. The van der Waals surface area contributed by atoms with Crippen molar-refractivity contribution >= 4 is 38.7 Å². The lowest BCUT2D eigenvalue weighted by molar-refractivity contribution is -0.130. The molecule has 24 heavy (non-hydrogen) atoms. The molecule has 1 aliphatic rings. The van der Waals surface area contributed by atoms with Gasteiger partial charge in [0.05, 0.1) is 17.4 Å². The lowest BCUT2D eigenvalue weighted by Gasteiger charge is -2.20. The van der Waals surface area contributed by atoms with Gasteiger partial charge in [0.1, 0.15) is 0 Å². The zero-order valence-electron chi connectivity index (χ0n) is 13.0. The molecular formula is C17H18ClNO3S2. The van der Waals surface area contributed by atoms with Crippen LogP contribution in [0.4, 0.5) is 0 Å². The van der Waals surface area contributed by atoms with Gasteiger partial charge in [0.2, 0.25) is 5.91 Å². The predicted molar refractivity (Wildman–Crippen MR) is 97.2 cm³/mol. The zero-order valence-corrected chi connectivity index (χ0v) is 15.4. The van der Waals surface area contributed by atoms with Gasteiger partial charge in [-0.2, -0.15) is 0 Å². The minimum Gasteiger partial charge on any atom is -0.341 e. The molecule has 1 atom stereocenters. The van der Waals surface area contributed by atoms with Crippen molar-refractivity contribution in [3.8, 4) is 0 Å². The molecule has 0 aliphatic carbocycles. The molecule has 1 aromatic carbocycles. The molecule has 0 radical (unpaired) electrons. The van der Waals surface area contributed by atoms with Crippen molar-refractivity contribution in [2.45, 2.75) is 18.1 Å². The summed E-state index contributed by atoms with van der Waals surface area (Å²) in [7, 11) is -3.34. The molecule has 3 rings (SSSR count). The predicted octanol–water partition coefficient (Wildman–Crippen LogP) is 3.33. The Balaban J connectivity index is 1.77. The van der Waals surface area contributed by atoms with E-state index in [1.54, 1.807) is 29.2 Å². The Kier molecular flexibility index (Phi) is 5.27. The van der Waals surface area contributed by atoms with E-state index in [0.717, 1.165) is 4.88 Å². The molecule has 0 saturated carbocycles. The average molecular weight is 384 g/mol. The van der Waals surface area contributed by atoms with Crippen LogP contribution in [0.2, 0.25) is 5.02 Å². The van der Waals surface area contributed by atoms with Gasteiger partial charge in [-0.15, -0.1) is 11.3 Å². The quantitative estimate of drug-likeness (QED) is 0.816. The molecule has 1 aromatic heterocycles. The van der Waals surface area contributed by atoms with Crippen LogP contribution >= 0.6 is 22.9 Å². The van der Waals surface area contributed by atoms with Crippen LogP contribution in [-0.4, -0.2) is 38.1 Å². The third-order valence-corrected chi connectivity index (χ3v) is 7.58. The lowest BCUT2D eigenvalue weighted by Crippen LogP contribution is -2.34. The monoisotopic (exact) mass is 383 g/mol. The maximum absolute atomic E-state index is 12.6. The van der Waals surface area contributed by atoms with E-state index < -0.39 is 15.1 Å². The summed E-state index contributed by atoms with van der Waals surface area (Å²) in [5.41, 5.74) is 0.631. The molecule has 0 bridgehead atoms. The number of hydrogen-bond donors (Lipinski definition) is 0. The van der Waals surface area contributed by atoms with E-state index in [0.29, 0.717) is 30.0 Å². The van der Waals surface area contributed by atoms with E-state index in [1.165, 1.54) is 11.3 Å². The van der Waals surface area contributed by atoms with Crippen LogP contribution in [0.25, 0.3) is 0 Å². The van der Waals surface area contributed by atoms with E-state index in [4.69, 9.17) is 11.6 Å². The summed E-state index contributed by atoms with van der Waals surface area (Å²) in [6.07, 6.45) is 0.705. The Bertz CT molecular complexity index is 818. The van der Waals surface area contributed by atoms with Crippen molar-refractivity contribution in [3.05, 3.63) is 57.2 Å². The lowest BCUT2D eigenvalue weighted by atomic mass is 10.1. The minimum atomic E-state index is -3.34. The highest BCUT2D eigenvalue weighted by Crippen LogP contribution is 2.33. The summed E-state index contributed by atoms with van der Waals surface area (Å²) in [4.78, 5) is 15.1. The van der Waals surface area contributed by atoms with Crippen LogP contribution in [-0.2, 0) is 21.1 Å². The van der Waals surface area contributed by atoms with Gasteiger partial charge in [-0.1, -0.05) is 35.9 Å². The second kappa shape index (κ2) is 7.25. The standard InChI is InChI=1S/C17H18ClNO3S2/c18-15-6-2-1-5-14(15)16-7-8-19(9-11-24(16,21)22)17(20)12-13-4-3-10-23-13/h1-6,10,16H,7-9,11-12H2. The maximum Gasteiger partial charge on any atom is 0.227 e. The van der Waals surface area contributed by atoms with E-state index in [-0.39, 0.29) is 18.2 Å². The first kappa shape index (κ1) is 17.5. The molecule has 1 saturated heterocycles. The van der Waals surface area contributed by atoms with E-state index in [9.17, 15) is 13.2 Å². The Morgan fingerprint density at radius 2 is 2.00 bits per heavy atom. The number of hydrogen-bond acceptors (Lipinski definition) is 4. The van der Waals surface area contributed by atoms with Crippen molar-refractivity contribution in [2.75, 3.05) is 18.8 Å².